The summed E-state index contributed by atoms with van der Waals surface area (Å²) in [7, 11) is 0. The number of nitrogens with one attached hydrogen (secondary N) is 1. The zero-order valence-electron chi connectivity index (χ0n) is 13.9. The number of hydrogen-bond acceptors (Lipinski definition) is 3. The number of rotatable bonds is 3. The smallest absolute Gasteiger partial charge is 0.263 e. The average Bonchev–Trinajstić information content (AvgIpc) is 2.53. The molecule has 0 aromatic heterocycles. The SMILES string of the molecule is CC1(C)CN(c2ccc(C(F)F)cc2)C2(CS)CCCCC2N1. The summed E-state index contributed by atoms with van der Waals surface area (Å²) < 4.78 is 25.7. The van der Waals surface area contributed by atoms with Crippen LogP contribution in [0.2, 0.25) is 0 Å². The van der Waals surface area contributed by atoms with E-state index in [-0.39, 0.29) is 16.6 Å². The molecule has 1 aromatic carbocycles. The van der Waals surface area contributed by atoms with Crippen molar-refractivity contribution in [1.29, 1.82) is 0 Å². The predicted molar refractivity (Wildman–Crippen MR) is 94.8 cm³/mol. The van der Waals surface area contributed by atoms with Gasteiger partial charge in [0.05, 0.1) is 5.54 Å². The highest BCUT2D eigenvalue weighted by atomic mass is 32.1. The minimum atomic E-state index is -2.41. The van der Waals surface area contributed by atoms with E-state index in [4.69, 9.17) is 12.6 Å². The summed E-state index contributed by atoms with van der Waals surface area (Å²) >= 11 is 4.69. The first kappa shape index (κ1) is 17.0. The second-order valence-electron chi connectivity index (χ2n) is 7.57. The van der Waals surface area contributed by atoms with Gasteiger partial charge in [-0.15, -0.1) is 0 Å². The van der Waals surface area contributed by atoms with E-state index in [0.717, 1.165) is 30.8 Å². The summed E-state index contributed by atoms with van der Waals surface area (Å²) in [4.78, 5) is 2.43. The Bertz CT molecular complexity index is 546. The number of halogens is 2. The topological polar surface area (TPSA) is 15.3 Å². The lowest BCUT2D eigenvalue weighted by Crippen LogP contribution is -2.75. The van der Waals surface area contributed by atoms with Crippen molar-refractivity contribution in [1.82, 2.24) is 5.32 Å². The van der Waals surface area contributed by atoms with Crippen molar-refractivity contribution in [2.75, 3.05) is 17.2 Å². The number of thiol groups is 1. The fourth-order valence-electron chi connectivity index (χ4n) is 4.24. The van der Waals surface area contributed by atoms with Crippen molar-refractivity contribution in [2.24, 2.45) is 0 Å². The van der Waals surface area contributed by atoms with Crippen LogP contribution in [0.25, 0.3) is 0 Å². The molecule has 23 heavy (non-hydrogen) atoms. The van der Waals surface area contributed by atoms with Gasteiger partial charge in [0, 0.05) is 35.1 Å². The Hall–Kier alpha value is -0.810. The van der Waals surface area contributed by atoms with Crippen molar-refractivity contribution in [3.05, 3.63) is 29.8 Å². The molecule has 1 aromatic rings. The number of nitrogens with zero attached hydrogens (tertiary/aromatic N) is 1. The normalized spacial score (nSPS) is 30.3. The zero-order valence-corrected chi connectivity index (χ0v) is 14.8. The van der Waals surface area contributed by atoms with Crippen molar-refractivity contribution >= 4 is 18.3 Å². The van der Waals surface area contributed by atoms with Gasteiger partial charge < -0.3 is 10.2 Å². The molecule has 0 bridgehead atoms. The van der Waals surface area contributed by atoms with Crippen LogP contribution in [0.5, 0.6) is 0 Å². The molecule has 1 heterocycles. The maximum atomic E-state index is 12.8. The third kappa shape index (κ3) is 3.10. The molecule has 2 nitrogen and oxygen atoms in total. The molecule has 1 N–H and O–H groups in total. The molecule has 2 fully saturated rings. The average molecular weight is 340 g/mol. The second kappa shape index (κ2) is 6.25. The largest absolute Gasteiger partial charge is 0.362 e. The Labute approximate surface area is 143 Å². The fraction of sp³-hybridized carbons (Fsp3) is 0.667. The number of piperazine rings is 1. The van der Waals surface area contributed by atoms with Crippen molar-refractivity contribution in [3.63, 3.8) is 0 Å². The van der Waals surface area contributed by atoms with Gasteiger partial charge >= 0.3 is 0 Å². The van der Waals surface area contributed by atoms with E-state index in [9.17, 15) is 8.78 Å². The number of alkyl halides is 2. The molecule has 2 aliphatic rings. The van der Waals surface area contributed by atoms with E-state index in [1.54, 1.807) is 12.1 Å². The van der Waals surface area contributed by atoms with Crippen LogP contribution < -0.4 is 10.2 Å². The van der Waals surface area contributed by atoms with E-state index in [0.29, 0.717) is 6.04 Å². The van der Waals surface area contributed by atoms with E-state index >= 15 is 0 Å². The maximum absolute atomic E-state index is 12.8. The van der Waals surface area contributed by atoms with Gasteiger partial charge in [-0.1, -0.05) is 25.0 Å². The molecule has 2 unspecified atom stereocenters. The summed E-state index contributed by atoms with van der Waals surface area (Å²) in [6.45, 7) is 5.28. The molecule has 0 amide bonds. The van der Waals surface area contributed by atoms with Gasteiger partial charge in [-0.2, -0.15) is 12.6 Å². The van der Waals surface area contributed by atoms with Crippen molar-refractivity contribution in [2.45, 2.75) is 63.1 Å². The second-order valence-corrected chi connectivity index (χ2v) is 7.88. The third-order valence-corrected chi connectivity index (χ3v) is 5.94. The molecule has 3 rings (SSSR count). The maximum Gasteiger partial charge on any atom is 0.263 e. The Morgan fingerprint density at radius 2 is 1.96 bits per heavy atom. The Morgan fingerprint density at radius 1 is 1.26 bits per heavy atom. The van der Waals surface area contributed by atoms with Gasteiger partial charge in [-0.3, -0.25) is 0 Å². The summed E-state index contributed by atoms with van der Waals surface area (Å²) in [5, 5.41) is 3.81. The highest BCUT2D eigenvalue weighted by Crippen LogP contribution is 2.42. The number of benzene rings is 1. The number of fused-ring (bicyclic) bond motifs is 1. The Balaban J connectivity index is 1.98. The van der Waals surface area contributed by atoms with E-state index in [2.05, 4.69) is 24.1 Å². The van der Waals surface area contributed by atoms with E-state index in [1.807, 2.05) is 12.1 Å². The van der Waals surface area contributed by atoms with Crippen LogP contribution in [0.3, 0.4) is 0 Å². The molecule has 1 aliphatic carbocycles. The minimum absolute atomic E-state index is 0.00413. The molecule has 128 valence electrons. The quantitative estimate of drug-likeness (QED) is 0.792. The predicted octanol–water partition coefficient (Wildman–Crippen LogP) is 4.42. The lowest BCUT2D eigenvalue weighted by Gasteiger charge is -2.60. The molecule has 1 aliphatic heterocycles. The summed E-state index contributed by atoms with van der Waals surface area (Å²) in [6, 6.07) is 7.20. The van der Waals surface area contributed by atoms with Gasteiger partial charge in [0.25, 0.3) is 6.43 Å². The monoisotopic (exact) mass is 340 g/mol. The Kier molecular flexibility index (Phi) is 4.62. The van der Waals surface area contributed by atoms with Gasteiger partial charge in [-0.05, 0) is 38.8 Å². The standard InChI is InChI=1S/C18H26F2N2S/c1-17(2)11-22(14-8-6-13(7-9-14)16(19)20)18(12-23)10-4-3-5-15(18)21-17/h6-9,15-16,21,23H,3-5,10-12H2,1-2H3. The molecular formula is C18H26F2N2S. The number of hydrogen-bond donors (Lipinski definition) is 2. The van der Waals surface area contributed by atoms with Crippen LogP contribution in [-0.4, -0.2) is 29.4 Å². The number of anilines is 1. The highest BCUT2D eigenvalue weighted by molar-refractivity contribution is 7.80. The van der Waals surface area contributed by atoms with E-state index in [1.165, 1.54) is 12.8 Å². The van der Waals surface area contributed by atoms with Gasteiger partial charge in [0.15, 0.2) is 0 Å². The highest BCUT2D eigenvalue weighted by Gasteiger charge is 2.50. The summed E-state index contributed by atoms with van der Waals surface area (Å²) in [6.07, 6.45) is 2.27. The van der Waals surface area contributed by atoms with Crippen LogP contribution in [0, 0.1) is 0 Å². The van der Waals surface area contributed by atoms with E-state index < -0.39 is 6.43 Å². The summed E-state index contributed by atoms with van der Waals surface area (Å²) in [5.41, 5.74) is 1.09. The molecular weight excluding hydrogens is 314 g/mol. The first-order valence-corrected chi connectivity index (χ1v) is 9.05. The lowest BCUT2D eigenvalue weighted by atomic mass is 9.73. The minimum Gasteiger partial charge on any atom is -0.362 e. The molecule has 0 radical (unpaired) electrons. The molecule has 1 saturated carbocycles. The van der Waals surface area contributed by atoms with Crippen LogP contribution >= 0.6 is 12.6 Å². The third-order valence-electron chi connectivity index (χ3n) is 5.39. The van der Waals surface area contributed by atoms with Crippen LogP contribution in [0.4, 0.5) is 14.5 Å². The molecule has 1 saturated heterocycles. The van der Waals surface area contributed by atoms with Gasteiger partial charge in [0.1, 0.15) is 0 Å². The molecule has 5 heteroatoms. The van der Waals surface area contributed by atoms with Crippen LogP contribution in [-0.2, 0) is 0 Å². The first-order valence-electron chi connectivity index (χ1n) is 8.42. The van der Waals surface area contributed by atoms with Crippen LogP contribution in [0.1, 0.15) is 51.5 Å². The van der Waals surface area contributed by atoms with Gasteiger partial charge in [0.2, 0.25) is 0 Å². The Morgan fingerprint density at radius 3 is 2.57 bits per heavy atom. The summed E-state index contributed by atoms with van der Waals surface area (Å²) in [5.74, 6) is 0.775. The van der Waals surface area contributed by atoms with Crippen molar-refractivity contribution in [3.8, 4) is 0 Å². The fourth-order valence-corrected chi connectivity index (χ4v) is 4.79. The van der Waals surface area contributed by atoms with Crippen molar-refractivity contribution < 1.29 is 8.78 Å². The lowest BCUT2D eigenvalue weighted by molar-refractivity contribution is 0.137. The first-order chi connectivity index (χ1) is 10.9. The molecule has 0 spiro atoms. The van der Waals surface area contributed by atoms with Crippen LogP contribution in [0.15, 0.2) is 24.3 Å². The molecule has 2 atom stereocenters. The van der Waals surface area contributed by atoms with Gasteiger partial charge in [-0.25, -0.2) is 8.78 Å². The zero-order chi connectivity index (χ0) is 16.7.